The second-order valence-electron chi connectivity index (χ2n) is 16.9. The zero-order valence-corrected chi connectivity index (χ0v) is 35.8. The van der Waals surface area contributed by atoms with Crippen LogP contribution in [0.4, 0.5) is 0 Å². The Bertz CT molecular complexity index is 2670. The van der Waals surface area contributed by atoms with Gasteiger partial charge in [0.2, 0.25) is 0 Å². The Balaban J connectivity index is 0.921. The molecule has 0 spiro atoms. The molecule has 1 aromatic heterocycles. The van der Waals surface area contributed by atoms with Crippen molar-refractivity contribution in [2.45, 2.75) is 110 Å². The lowest BCUT2D eigenvalue weighted by Crippen LogP contribution is -2.09. The lowest BCUT2D eigenvalue weighted by atomic mass is 9.90. The number of benzene rings is 6. The van der Waals surface area contributed by atoms with E-state index in [2.05, 4.69) is 102 Å². The lowest BCUT2D eigenvalue weighted by Gasteiger charge is -2.18. The first-order valence-electron chi connectivity index (χ1n) is 22.9. The van der Waals surface area contributed by atoms with E-state index in [-0.39, 0.29) is 11.4 Å². The van der Waals surface area contributed by atoms with E-state index in [0.717, 1.165) is 53.4 Å². The van der Waals surface area contributed by atoms with Gasteiger partial charge in [0, 0.05) is 50.9 Å². The molecule has 61 heavy (non-hydrogen) atoms. The number of nitrogens with zero attached hydrogens (tertiary/aromatic N) is 1. The minimum absolute atomic E-state index is 0.125. The number of carbonyl (C=O) groups is 1. The fourth-order valence-corrected chi connectivity index (χ4v) is 9.09. The summed E-state index contributed by atoms with van der Waals surface area (Å²) in [6.45, 7) is 3.46. The Morgan fingerprint density at radius 1 is 0.541 bits per heavy atom. The van der Waals surface area contributed by atoms with Gasteiger partial charge in [-0.1, -0.05) is 181 Å². The number of fused-ring (bicyclic) bond motifs is 5. The van der Waals surface area contributed by atoms with Crippen LogP contribution in [-0.2, 0) is 17.7 Å². The van der Waals surface area contributed by atoms with E-state index in [1.165, 1.54) is 116 Å². The van der Waals surface area contributed by atoms with Gasteiger partial charge in [0.15, 0.2) is 5.43 Å². The average molecular weight is 810 g/mol. The van der Waals surface area contributed by atoms with Gasteiger partial charge in [0.05, 0.1) is 12.2 Å². The summed E-state index contributed by atoms with van der Waals surface area (Å²) in [5.74, 6) is 0.165. The van der Waals surface area contributed by atoms with Gasteiger partial charge in [-0.25, -0.2) is 4.79 Å². The molecule has 312 valence electrons. The number of para-hydroxylation sites is 2. The number of hydrogen-bond acceptors (Lipinski definition) is 4. The van der Waals surface area contributed by atoms with Crippen molar-refractivity contribution in [2.75, 3.05) is 6.61 Å². The fraction of sp³-hybridized carbons (Fsp3) is 0.321. The number of carbonyl (C=O) groups excluding carboxylic acids is 1. The Morgan fingerprint density at radius 2 is 1.11 bits per heavy atom. The largest absolute Gasteiger partial charge is 0.462 e. The highest BCUT2D eigenvalue weighted by Crippen LogP contribution is 2.41. The van der Waals surface area contributed by atoms with Gasteiger partial charge < -0.3 is 13.7 Å². The maximum absolute atomic E-state index is 13.7. The molecule has 0 unspecified atom stereocenters. The second-order valence-corrected chi connectivity index (χ2v) is 16.9. The molecule has 0 saturated carbocycles. The molecule has 0 N–H and O–H groups in total. The number of ether oxygens (including phenoxy) is 1. The van der Waals surface area contributed by atoms with Crippen molar-refractivity contribution in [1.29, 1.82) is 0 Å². The lowest BCUT2D eigenvalue weighted by molar-refractivity contribution is 0.0498. The first kappa shape index (κ1) is 41.8. The van der Waals surface area contributed by atoms with Crippen molar-refractivity contribution in [3.8, 4) is 22.5 Å². The third kappa shape index (κ3) is 10.2. The van der Waals surface area contributed by atoms with Crippen molar-refractivity contribution in [3.05, 3.63) is 166 Å². The van der Waals surface area contributed by atoms with Crippen LogP contribution in [0.5, 0.6) is 0 Å². The van der Waals surface area contributed by atoms with Crippen molar-refractivity contribution in [2.24, 2.45) is 0 Å². The van der Waals surface area contributed by atoms with Crippen LogP contribution < -0.4 is 5.43 Å². The molecule has 0 saturated heterocycles. The van der Waals surface area contributed by atoms with Crippen molar-refractivity contribution < 1.29 is 13.9 Å². The summed E-state index contributed by atoms with van der Waals surface area (Å²) in [5.41, 5.74) is 9.47. The van der Waals surface area contributed by atoms with E-state index in [1.807, 2.05) is 30.3 Å². The summed E-state index contributed by atoms with van der Waals surface area (Å²) in [6.07, 6.45) is 18.7. The molecule has 0 atom stereocenters. The van der Waals surface area contributed by atoms with E-state index in [4.69, 9.17) is 9.15 Å². The Kier molecular flexibility index (Phi) is 14.1. The molecule has 5 aromatic carbocycles. The van der Waals surface area contributed by atoms with Gasteiger partial charge in [-0.05, 0) is 71.5 Å². The fourth-order valence-electron chi connectivity index (χ4n) is 9.09. The molecule has 5 heteroatoms. The van der Waals surface area contributed by atoms with E-state index < -0.39 is 0 Å². The number of aromatic nitrogens is 1. The molecule has 1 aliphatic heterocycles. The van der Waals surface area contributed by atoms with Gasteiger partial charge in [-0.15, -0.1) is 0 Å². The summed E-state index contributed by atoms with van der Waals surface area (Å²) < 4.78 is 14.7. The van der Waals surface area contributed by atoms with Gasteiger partial charge in [0.25, 0.3) is 0 Å². The SMILES string of the molecule is CCCCCCCCCCCCCCCCOC(=O)c1ccccc1-c1c2ccc(=O)cc-2oc2cc(Cc3ccc(Cn4c5ccccc5c5ccccc54)cc3)ccc12. The molecule has 5 nitrogen and oxygen atoms in total. The summed E-state index contributed by atoms with van der Waals surface area (Å²) in [4.78, 5) is 26.3. The second kappa shape index (κ2) is 20.5. The highest BCUT2D eigenvalue weighted by atomic mass is 16.5. The monoisotopic (exact) mass is 809 g/mol. The minimum atomic E-state index is -0.328. The molecular formula is C56H59NO4. The van der Waals surface area contributed by atoms with Crippen LogP contribution in [0.1, 0.15) is 124 Å². The van der Waals surface area contributed by atoms with Crippen molar-refractivity contribution in [1.82, 2.24) is 4.57 Å². The molecule has 0 fully saturated rings. The summed E-state index contributed by atoms with van der Waals surface area (Å²) >= 11 is 0. The Morgan fingerprint density at radius 3 is 1.79 bits per heavy atom. The summed E-state index contributed by atoms with van der Waals surface area (Å²) in [6, 6.07) is 44.9. The van der Waals surface area contributed by atoms with Crippen LogP contribution in [0.3, 0.4) is 0 Å². The van der Waals surface area contributed by atoms with Gasteiger partial charge >= 0.3 is 5.97 Å². The van der Waals surface area contributed by atoms with Crippen LogP contribution in [-0.4, -0.2) is 17.1 Å². The average Bonchev–Trinajstić information content (AvgIpc) is 3.60. The van der Waals surface area contributed by atoms with E-state index >= 15 is 0 Å². The predicted octanol–water partition coefficient (Wildman–Crippen LogP) is 14.9. The van der Waals surface area contributed by atoms with E-state index in [1.54, 1.807) is 6.07 Å². The maximum Gasteiger partial charge on any atom is 0.338 e. The third-order valence-corrected chi connectivity index (χ3v) is 12.4. The quantitative estimate of drug-likeness (QED) is 0.0412. The highest BCUT2D eigenvalue weighted by molar-refractivity contribution is 6.09. The minimum Gasteiger partial charge on any atom is -0.462 e. The zero-order valence-electron chi connectivity index (χ0n) is 35.8. The van der Waals surface area contributed by atoms with Crippen LogP contribution in [0, 0.1) is 0 Å². The molecule has 0 amide bonds. The normalized spacial score (nSPS) is 11.6. The molecule has 2 heterocycles. The smallest absolute Gasteiger partial charge is 0.338 e. The van der Waals surface area contributed by atoms with Crippen LogP contribution in [0.25, 0.3) is 55.2 Å². The first-order chi connectivity index (χ1) is 30.1. The number of rotatable bonds is 21. The first-order valence-corrected chi connectivity index (χ1v) is 22.9. The van der Waals surface area contributed by atoms with Gasteiger partial charge in [-0.3, -0.25) is 4.79 Å². The predicted molar refractivity (Wildman–Crippen MR) is 253 cm³/mol. The van der Waals surface area contributed by atoms with Crippen molar-refractivity contribution >= 4 is 38.7 Å². The molecule has 0 radical (unpaired) electrons. The summed E-state index contributed by atoms with van der Waals surface area (Å²) in [5, 5.41) is 3.43. The molecule has 1 aliphatic carbocycles. The molecule has 0 bridgehead atoms. The molecular weight excluding hydrogens is 751 g/mol. The Hall–Kier alpha value is -5.94. The molecule has 8 rings (SSSR count). The molecule has 6 aromatic rings. The van der Waals surface area contributed by atoms with E-state index in [9.17, 15) is 9.59 Å². The molecule has 2 aliphatic rings. The number of esters is 1. The van der Waals surface area contributed by atoms with E-state index in [0.29, 0.717) is 23.5 Å². The van der Waals surface area contributed by atoms with Crippen molar-refractivity contribution in [3.63, 3.8) is 0 Å². The van der Waals surface area contributed by atoms with Gasteiger partial charge in [-0.2, -0.15) is 0 Å². The zero-order chi connectivity index (χ0) is 41.8. The van der Waals surface area contributed by atoms with Gasteiger partial charge in [0.1, 0.15) is 11.3 Å². The third-order valence-electron chi connectivity index (χ3n) is 12.4. The summed E-state index contributed by atoms with van der Waals surface area (Å²) in [7, 11) is 0. The number of unbranched alkanes of at least 4 members (excludes halogenated alkanes) is 13. The van der Waals surface area contributed by atoms with Crippen LogP contribution >= 0.6 is 0 Å². The standard InChI is InChI=1S/C56H59NO4/c1-2-3-4-5-6-7-8-9-10-11-12-13-14-21-36-60-56(59)48-25-16-15-24-47(48)55-49-34-32-43(38-53(49)61-54-39-44(58)33-35-50(54)55)37-41-28-30-42(31-29-41)40-57-51-26-19-17-22-45(51)46-23-18-20-27-52(46)57/h15-20,22-35,38-39H,2-14,21,36-37,40H2,1H3. The van der Waals surface area contributed by atoms with Crippen LogP contribution in [0.2, 0.25) is 0 Å². The highest BCUT2D eigenvalue weighted by Gasteiger charge is 2.22. The topological polar surface area (TPSA) is 61.4 Å². The Labute approximate surface area is 360 Å². The number of hydrogen-bond donors (Lipinski definition) is 0. The maximum atomic E-state index is 13.7. The van der Waals surface area contributed by atoms with Crippen LogP contribution in [0.15, 0.2) is 143 Å².